The van der Waals surface area contributed by atoms with Crippen molar-refractivity contribution in [2.24, 2.45) is 0 Å². The number of hydrogen-bond donors (Lipinski definition) is 3. The van der Waals surface area contributed by atoms with E-state index in [0.717, 1.165) is 42.1 Å². The smallest absolute Gasteiger partial charge is 0.326 e. The lowest BCUT2D eigenvalue weighted by molar-refractivity contribution is -0.142. The number of aromatic nitrogens is 1. The minimum absolute atomic E-state index is 0.0339. The third-order valence-corrected chi connectivity index (χ3v) is 4.99. The first-order chi connectivity index (χ1) is 13.0. The summed E-state index contributed by atoms with van der Waals surface area (Å²) in [5, 5.41) is 13.0. The Morgan fingerprint density at radius 3 is 2.78 bits per heavy atom. The van der Waals surface area contributed by atoms with Crippen molar-refractivity contribution in [1.82, 2.24) is 15.2 Å². The van der Waals surface area contributed by atoms with Gasteiger partial charge in [-0.2, -0.15) is 0 Å². The van der Waals surface area contributed by atoms with Crippen LogP contribution >= 0.6 is 0 Å². The number of nitrogens with one attached hydrogen (secondary N) is 2. The molecule has 2 amide bonds. The Balaban J connectivity index is 1.64. The van der Waals surface area contributed by atoms with Gasteiger partial charge in [0.05, 0.1) is 6.54 Å². The predicted molar refractivity (Wildman–Crippen MR) is 101 cm³/mol. The number of fused-ring (bicyclic) bond motifs is 1. The van der Waals surface area contributed by atoms with Crippen LogP contribution in [0.15, 0.2) is 30.5 Å². The van der Waals surface area contributed by atoms with Crippen molar-refractivity contribution in [2.75, 3.05) is 13.1 Å². The second kappa shape index (κ2) is 8.70. The highest BCUT2D eigenvalue weighted by Crippen LogP contribution is 2.19. The van der Waals surface area contributed by atoms with Gasteiger partial charge in [0, 0.05) is 36.5 Å². The highest BCUT2D eigenvalue weighted by atomic mass is 16.4. The topological polar surface area (TPSA) is 103 Å². The number of hydrogen-bond acceptors (Lipinski definition) is 3. The van der Waals surface area contributed by atoms with Gasteiger partial charge in [-0.1, -0.05) is 31.0 Å². The zero-order valence-electron chi connectivity index (χ0n) is 15.2. The van der Waals surface area contributed by atoms with Crippen molar-refractivity contribution in [3.63, 3.8) is 0 Å². The van der Waals surface area contributed by atoms with E-state index in [-0.39, 0.29) is 18.9 Å². The van der Waals surface area contributed by atoms with Crippen molar-refractivity contribution in [2.45, 2.75) is 44.6 Å². The molecule has 1 aromatic heterocycles. The van der Waals surface area contributed by atoms with Crippen LogP contribution in [-0.2, 0) is 20.8 Å². The number of aliphatic carboxylic acids is 1. The summed E-state index contributed by atoms with van der Waals surface area (Å²) in [7, 11) is 0. The fraction of sp³-hybridized carbons (Fsp3) is 0.450. The number of aromatic amines is 1. The van der Waals surface area contributed by atoms with Gasteiger partial charge < -0.3 is 20.3 Å². The summed E-state index contributed by atoms with van der Waals surface area (Å²) in [6.45, 7) is 0.461. The average Bonchev–Trinajstić information content (AvgIpc) is 3.04. The van der Waals surface area contributed by atoms with Crippen LogP contribution in [0.1, 0.15) is 37.7 Å². The van der Waals surface area contributed by atoms with Crippen LogP contribution in [0.3, 0.4) is 0 Å². The molecule has 1 aromatic carbocycles. The summed E-state index contributed by atoms with van der Waals surface area (Å²) >= 11 is 0. The number of rotatable bonds is 6. The zero-order chi connectivity index (χ0) is 19.2. The molecule has 1 fully saturated rings. The molecule has 2 heterocycles. The molecule has 0 aliphatic carbocycles. The average molecular weight is 371 g/mol. The van der Waals surface area contributed by atoms with Gasteiger partial charge in [-0.3, -0.25) is 9.59 Å². The van der Waals surface area contributed by atoms with Gasteiger partial charge in [-0.25, -0.2) is 4.79 Å². The van der Waals surface area contributed by atoms with Gasteiger partial charge in [0.25, 0.3) is 0 Å². The molecule has 7 nitrogen and oxygen atoms in total. The lowest BCUT2D eigenvalue weighted by atomic mass is 10.0. The lowest BCUT2D eigenvalue weighted by Crippen LogP contribution is -2.48. The molecule has 144 valence electrons. The maximum atomic E-state index is 12.4. The molecule has 0 bridgehead atoms. The molecule has 1 aliphatic rings. The summed E-state index contributed by atoms with van der Waals surface area (Å²) in [5.74, 6) is -1.56. The number of carboxylic acids is 1. The van der Waals surface area contributed by atoms with Gasteiger partial charge in [-0.05, 0) is 24.5 Å². The van der Waals surface area contributed by atoms with E-state index in [1.807, 2.05) is 24.3 Å². The van der Waals surface area contributed by atoms with Crippen LogP contribution in [0.2, 0.25) is 0 Å². The van der Waals surface area contributed by atoms with Crippen molar-refractivity contribution in [1.29, 1.82) is 0 Å². The van der Waals surface area contributed by atoms with E-state index in [4.69, 9.17) is 0 Å². The molecular weight excluding hydrogens is 346 g/mol. The number of benzene rings is 1. The first-order valence-corrected chi connectivity index (χ1v) is 9.39. The van der Waals surface area contributed by atoms with Crippen molar-refractivity contribution >= 4 is 28.7 Å². The Bertz CT molecular complexity index is 829. The van der Waals surface area contributed by atoms with Crippen LogP contribution < -0.4 is 5.32 Å². The number of nitrogens with zero attached hydrogens (tertiary/aromatic N) is 1. The first-order valence-electron chi connectivity index (χ1n) is 9.39. The van der Waals surface area contributed by atoms with Crippen LogP contribution in [0.25, 0.3) is 10.9 Å². The van der Waals surface area contributed by atoms with Gasteiger partial charge in [0.1, 0.15) is 6.04 Å². The number of carbonyl (C=O) groups is 3. The molecule has 2 aromatic rings. The monoisotopic (exact) mass is 371 g/mol. The van der Waals surface area contributed by atoms with E-state index in [1.165, 1.54) is 0 Å². The van der Waals surface area contributed by atoms with Crippen LogP contribution in [0.5, 0.6) is 0 Å². The van der Waals surface area contributed by atoms with E-state index in [0.29, 0.717) is 13.0 Å². The number of para-hydroxylation sites is 1. The third kappa shape index (κ3) is 4.87. The molecule has 7 heteroatoms. The summed E-state index contributed by atoms with van der Waals surface area (Å²) < 4.78 is 0. The maximum absolute atomic E-state index is 12.4. The molecule has 0 saturated carbocycles. The first kappa shape index (κ1) is 18.9. The fourth-order valence-corrected chi connectivity index (χ4v) is 3.52. The van der Waals surface area contributed by atoms with Crippen molar-refractivity contribution in [3.8, 4) is 0 Å². The number of carboxylic acid groups (broad SMARTS) is 1. The van der Waals surface area contributed by atoms with Gasteiger partial charge >= 0.3 is 5.97 Å². The molecule has 0 radical (unpaired) electrons. The molecule has 1 unspecified atom stereocenters. The summed E-state index contributed by atoms with van der Waals surface area (Å²) in [6.07, 6.45) is 6.20. The summed E-state index contributed by atoms with van der Waals surface area (Å²) in [6, 6.07) is 6.59. The number of H-pyrrole nitrogens is 1. The minimum atomic E-state index is -1.09. The maximum Gasteiger partial charge on any atom is 0.326 e. The van der Waals surface area contributed by atoms with Crippen molar-refractivity contribution in [3.05, 3.63) is 36.0 Å². The molecule has 3 rings (SSSR count). The predicted octanol–water partition coefficient (Wildman–Crippen LogP) is 2.07. The number of carbonyl (C=O) groups excluding carboxylic acids is 2. The van der Waals surface area contributed by atoms with E-state index < -0.39 is 17.9 Å². The normalized spacial score (nSPS) is 16.6. The van der Waals surface area contributed by atoms with Gasteiger partial charge in [-0.15, -0.1) is 0 Å². The molecule has 3 N–H and O–H groups in total. The Morgan fingerprint density at radius 1 is 1.19 bits per heavy atom. The quantitative estimate of drug-likeness (QED) is 0.723. The van der Waals surface area contributed by atoms with Crippen molar-refractivity contribution < 1.29 is 19.5 Å². The molecule has 1 atom stereocenters. The SMILES string of the molecule is O=C(CN1CCCCCCC1=O)NC(Cc1c[nH]c2ccccc12)C(=O)O. The minimum Gasteiger partial charge on any atom is -0.480 e. The van der Waals surface area contributed by atoms with E-state index in [9.17, 15) is 19.5 Å². The Labute approximate surface area is 157 Å². The van der Waals surface area contributed by atoms with Crippen LogP contribution in [-0.4, -0.2) is 51.9 Å². The lowest BCUT2D eigenvalue weighted by Gasteiger charge is -2.25. The molecular formula is C20H25N3O4. The highest BCUT2D eigenvalue weighted by molar-refractivity contribution is 5.89. The summed E-state index contributed by atoms with van der Waals surface area (Å²) in [5.41, 5.74) is 1.76. The Hall–Kier alpha value is -2.83. The number of likely N-dealkylation sites (tertiary alicyclic amines) is 1. The zero-order valence-corrected chi connectivity index (χ0v) is 15.2. The standard InChI is InChI=1S/C20H25N3O4/c24-18(13-23-10-6-2-1-3-9-19(23)25)22-17(20(26)27)11-14-12-21-16-8-5-4-7-15(14)16/h4-5,7-8,12,17,21H,1-3,6,9-11,13H2,(H,22,24)(H,26,27). The third-order valence-electron chi connectivity index (χ3n) is 4.99. The highest BCUT2D eigenvalue weighted by Gasteiger charge is 2.24. The largest absolute Gasteiger partial charge is 0.480 e. The molecule has 0 spiro atoms. The van der Waals surface area contributed by atoms with E-state index >= 15 is 0 Å². The van der Waals surface area contributed by atoms with E-state index in [2.05, 4.69) is 10.3 Å². The molecule has 1 aliphatic heterocycles. The fourth-order valence-electron chi connectivity index (χ4n) is 3.52. The Kier molecular flexibility index (Phi) is 6.11. The number of amides is 2. The Morgan fingerprint density at radius 2 is 1.96 bits per heavy atom. The second-order valence-electron chi connectivity index (χ2n) is 7.00. The van der Waals surface area contributed by atoms with Gasteiger partial charge in [0.2, 0.25) is 11.8 Å². The molecule has 27 heavy (non-hydrogen) atoms. The van der Waals surface area contributed by atoms with Gasteiger partial charge in [0.15, 0.2) is 0 Å². The summed E-state index contributed by atoms with van der Waals surface area (Å²) in [4.78, 5) is 40.8. The van der Waals surface area contributed by atoms with Crippen LogP contribution in [0.4, 0.5) is 0 Å². The second-order valence-corrected chi connectivity index (χ2v) is 7.00. The van der Waals surface area contributed by atoms with Crippen LogP contribution in [0, 0.1) is 0 Å². The molecule has 1 saturated heterocycles. The van der Waals surface area contributed by atoms with E-state index in [1.54, 1.807) is 11.1 Å².